The lowest BCUT2D eigenvalue weighted by atomic mass is 10.2. The Balaban J connectivity index is 2.30. The number of nitrogens with two attached hydrogens (primary N) is 1. The lowest BCUT2D eigenvalue weighted by Crippen LogP contribution is -2.42. The van der Waals surface area contributed by atoms with Crippen molar-refractivity contribution in [3.8, 4) is 0 Å². The van der Waals surface area contributed by atoms with Gasteiger partial charge in [-0.05, 0) is 6.07 Å². The highest BCUT2D eigenvalue weighted by atomic mass is 32.2. The van der Waals surface area contributed by atoms with E-state index in [1.54, 1.807) is 6.20 Å². The highest BCUT2D eigenvalue weighted by molar-refractivity contribution is 8.00. The van der Waals surface area contributed by atoms with Crippen LogP contribution in [0.3, 0.4) is 0 Å². The molecule has 4 nitrogen and oxygen atoms in total. The first-order valence-electron chi connectivity index (χ1n) is 5.60. The Kier molecular flexibility index (Phi) is 3.83. The second-order valence-electron chi connectivity index (χ2n) is 4.30. The van der Waals surface area contributed by atoms with E-state index in [2.05, 4.69) is 28.9 Å². The Morgan fingerprint density at radius 3 is 2.71 bits per heavy atom. The molecule has 0 aromatic carbocycles. The molecule has 2 N–H and O–H groups in total. The molecule has 92 valence electrons. The van der Waals surface area contributed by atoms with Crippen molar-refractivity contribution < 1.29 is 0 Å². The Morgan fingerprint density at radius 2 is 2.12 bits per heavy atom. The van der Waals surface area contributed by atoms with Gasteiger partial charge in [-0.2, -0.15) is 16.9 Å². The fourth-order valence-corrected chi connectivity index (χ4v) is 3.59. The largest absolute Gasteiger partial charge is 0.389 e. The van der Waals surface area contributed by atoms with E-state index in [0.29, 0.717) is 15.5 Å². The lowest BCUT2D eigenvalue weighted by molar-refractivity contribution is 0.710. The third-order valence-corrected chi connectivity index (χ3v) is 4.13. The van der Waals surface area contributed by atoms with Crippen LogP contribution in [0.25, 0.3) is 0 Å². The fraction of sp³-hybridized carbons (Fsp3) is 0.545. The third kappa shape index (κ3) is 2.87. The van der Waals surface area contributed by atoms with Crippen molar-refractivity contribution in [3.63, 3.8) is 0 Å². The molecule has 2 heterocycles. The zero-order valence-corrected chi connectivity index (χ0v) is 11.6. The monoisotopic (exact) mass is 268 g/mol. The minimum absolute atomic E-state index is 0.383. The van der Waals surface area contributed by atoms with Crippen LogP contribution >= 0.6 is 24.0 Å². The average Bonchev–Trinajstić information content (AvgIpc) is 2.27. The van der Waals surface area contributed by atoms with E-state index in [4.69, 9.17) is 18.0 Å². The Morgan fingerprint density at radius 1 is 1.47 bits per heavy atom. The van der Waals surface area contributed by atoms with E-state index >= 15 is 0 Å². The summed E-state index contributed by atoms with van der Waals surface area (Å²) in [5, 5.41) is 9.30. The summed E-state index contributed by atoms with van der Waals surface area (Å²) in [4.78, 5) is 2.61. The summed E-state index contributed by atoms with van der Waals surface area (Å²) >= 11 is 7.06. The zero-order chi connectivity index (χ0) is 12.4. The highest BCUT2D eigenvalue weighted by Crippen LogP contribution is 2.28. The van der Waals surface area contributed by atoms with Gasteiger partial charge in [0.2, 0.25) is 0 Å². The zero-order valence-electron chi connectivity index (χ0n) is 9.96. The smallest absolute Gasteiger partial charge is 0.161 e. The van der Waals surface area contributed by atoms with Gasteiger partial charge in [0.15, 0.2) is 5.82 Å². The number of nitrogens with zero attached hydrogens (tertiary/aromatic N) is 3. The van der Waals surface area contributed by atoms with Crippen LogP contribution in [0.2, 0.25) is 0 Å². The SMILES string of the molecule is CC1CN(c2nnccc2C(N)=S)CC(C)S1. The molecule has 0 radical (unpaired) electrons. The molecule has 1 fully saturated rings. The summed E-state index contributed by atoms with van der Waals surface area (Å²) in [5.41, 5.74) is 6.54. The molecule has 2 unspecified atom stereocenters. The molecule has 1 aliphatic heterocycles. The predicted octanol–water partition coefficient (Wildman–Crippen LogP) is 1.44. The fourth-order valence-electron chi connectivity index (χ4n) is 2.10. The van der Waals surface area contributed by atoms with Crippen LogP contribution in [0.4, 0.5) is 5.82 Å². The van der Waals surface area contributed by atoms with Gasteiger partial charge in [-0.25, -0.2) is 0 Å². The first-order valence-corrected chi connectivity index (χ1v) is 6.95. The summed E-state index contributed by atoms with van der Waals surface area (Å²) < 4.78 is 0. The standard InChI is InChI=1S/C11H16N4S2/c1-7-5-15(6-8(2)17-7)11-9(10(12)16)3-4-13-14-11/h3-4,7-8H,5-6H2,1-2H3,(H2,12,16). The first kappa shape index (κ1) is 12.6. The normalized spacial score (nSPS) is 24.7. The van der Waals surface area contributed by atoms with Crippen molar-refractivity contribution in [1.29, 1.82) is 0 Å². The molecule has 1 aliphatic rings. The van der Waals surface area contributed by atoms with E-state index in [1.807, 2.05) is 17.8 Å². The molecule has 0 amide bonds. The van der Waals surface area contributed by atoms with Gasteiger partial charge in [0, 0.05) is 23.6 Å². The Labute approximate surface area is 111 Å². The summed E-state index contributed by atoms with van der Waals surface area (Å²) in [5.74, 6) is 0.819. The molecule has 1 aromatic heterocycles. The molecule has 2 atom stereocenters. The molecule has 0 spiro atoms. The minimum atomic E-state index is 0.383. The van der Waals surface area contributed by atoms with Crippen LogP contribution in [0.15, 0.2) is 12.3 Å². The molecule has 6 heteroatoms. The average molecular weight is 268 g/mol. The van der Waals surface area contributed by atoms with Gasteiger partial charge in [0.1, 0.15) is 4.99 Å². The van der Waals surface area contributed by atoms with Crippen molar-refractivity contribution in [2.75, 3.05) is 18.0 Å². The van der Waals surface area contributed by atoms with Gasteiger partial charge < -0.3 is 10.6 Å². The van der Waals surface area contributed by atoms with Gasteiger partial charge in [-0.15, -0.1) is 5.10 Å². The third-order valence-electron chi connectivity index (χ3n) is 2.69. The molecule has 0 bridgehead atoms. The van der Waals surface area contributed by atoms with Crippen LogP contribution in [0.5, 0.6) is 0 Å². The molecular formula is C11H16N4S2. The van der Waals surface area contributed by atoms with Crippen LogP contribution in [0, 0.1) is 0 Å². The van der Waals surface area contributed by atoms with Crippen molar-refractivity contribution in [2.24, 2.45) is 5.73 Å². The van der Waals surface area contributed by atoms with Gasteiger partial charge >= 0.3 is 0 Å². The summed E-state index contributed by atoms with van der Waals surface area (Å²) in [6, 6.07) is 1.84. The first-order chi connectivity index (χ1) is 8.08. The van der Waals surface area contributed by atoms with Gasteiger partial charge in [-0.1, -0.05) is 26.1 Å². The maximum Gasteiger partial charge on any atom is 0.161 e. The molecule has 2 rings (SSSR count). The second-order valence-corrected chi connectivity index (χ2v) is 6.62. The molecular weight excluding hydrogens is 252 g/mol. The van der Waals surface area contributed by atoms with E-state index < -0.39 is 0 Å². The van der Waals surface area contributed by atoms with Crippen LogP contribution in [0.1, 0.15) is 19.4 Å². The minimum Gasteiger partial charge on any atom is -0.389 e. The van der Waals surface area contributed by atoms with E-state index in [1.165, 1.54) is 0 Å². The number of anilines is 1. The number of thiocarbonyl (C=S) groups is 1. The van der Waals surface area contributed by atoms with Crippen LogP contribution < -0.4 is 10.6 Å². The number of aromatic nitrogens is 2. The van der Waals surface area contributed by atoms with E-state index in [-0.39, 0.29) is 0 Å². The van der Waals surface area contributed by atoms with Gasteiger partial charge in [0.25, 0.3) is 0 Å². The van der Waals surface area contributed by atoms with Crippen molar-refractivity contribution in [1.82, 2.24) is 10.2 Å². The van der Waals surface area contributed by atoms with Crippen molar-refractivity contribution in [2.45, 2.75) is 24.3 Å². The number of rotatable bonds is 2. The number of hydrogen-bond donors (Lipinski definition) is 1. The molecule has 0 saturated carbocycles. The number of thioether (sulfide) groups is 1. The van der Waals surface area contributed by atoms with Crippen LogP contribution in [-0.4, -0.2) is 38.8 Å². The maximum atomic E-state index is 5.72. The quantitative estimate of drug-likeness (QED) is 0.819. The molecule has 1 saturated heterocycles. The highest BCUT2D eigenvalue weighted by Gasteiger charge is 2.25. The van der Waals surface area contributed by atoms with Gasteiger partial charge in [0.05, 0.1) is 11.8 Å². The van der Waals surface area contributed by atoms with Crippen molar-refractivity contribution in [3.05, 3.63) is 17.8 Å². The van der Waals surface area contributed by atoms with E-state index in [0.717, 1.165) is 24.5 Å². The van der Waals surface area contributed by atoms with Crippen molar-refractivity contribution >= 4 is 34.8 Å². The summed E-state index contributed by atoms with van der Waals surface area (Å²) in [6.45, 7) is 6.38. The maximum absolute atomic E-state index is 5.72. The van der Waals surface area contributed by atoms with Crippen LogP contribution in [-0.2, 0) is 0 Å². The Hall–Kier alpha value is -0.880. The molecule has 17 heavy (non-hydrogen) atoms. The summed E-state index contributed by atoms with van der Waals surface area (Å²) in [6.07, 6.45) is 1.63. The number of hydrogen-bond acceptors (Lipinski definition) is 5. The topological polar surface area (TPSA) is 55.0 Å². The summed E-state index contributed by atoms with van der Waals surface area (Å²) in [7, 11) is 0. The Bertz CT molecular complexity index is 414. The van der Waals surface area contributed by atoms with E-state index in [9.17, 15) is 0 Å². The lowest BCUT2D eigenvalue weighted by Gasteiger charge is -2.35. The molecule has 0 aliphatic carbocycles. The van der Waals surface area contributed by atoms with Gasteiger partial charge in [-0.3, -0.25) is 0 Å². The second kappa shape index (κ2) is 5.18. The predicted molar refractivity (Wildman–Crippen MR) is 76.6 cm³/mol. The molecule has 1 aromatic rings.